The van der Waals surface area contributed by atoms with E-state index in [1.807, 2.05) is 27.7 Å². The van der Waals surface area contributed by atoms with E-state index in [1.165, 1.54) is 6.92 Å². The van der Waals surface area contributed by atoms with Crippen molar-refractivity contribution in [2.24, 2.45) is 11.8 Å². The molecule has 0 rings (SSSR count). The maximum absolute atomic E-state index is 12.6. The van der Waals surface area contributed by atoms with Crippen LogP contribution in [0.5, 0.6) is 0 Å². The number of carbonyl (C=O) groups excluding carboxylic acids is 4. The van der Waals surface area contributed by atoms with Gasteiger partial charge in [-0.3, -0.25) is 14.4 Å². The van der Waals surface area contributed by atoms with Gasteiger partial charge in [-0.05, 0) is 37.5 Å². The quantitative estimate of drug-likeness (QED) is 0.258. The summed E-state index contributed by atoms with van der Waals surface area (Å²) in [5.74, 6) is -1.05. The van der Waals surface area contributed by atoms with Gasteiger partial charge in [0.2, 0.25) is 17.7 Å². The molecule has 0 aromatic rings. The predicted octanol–water partition coefficient (Wildman–Crippen LogP) is -0.226. The molecule has 0 radical (unpaired) electrons. The van der Waals surface area contributed by atoms with E-state index in [9.17, 15) is 19.2 Å². The summed E-state index contributed by atoms with van der Waals surface area (Å²) < 4.78 is 0. The van der Waals surface area contributed by atoms with E-state index in [0.717, 1.165) is 25.7 Å². The third-order valence-corrected chi connectivity index (χ3v) is 4.16. The Hall–Kier alpha value is -1.96. The average Bonchev–Trinajstić information content (AvgIpc) is 2.56. The first kappa shape index (κ1) is 25.0. The topological polar surface area (TPSA) is 132 Å². The van der Waals surface area contributed by atoms with Crippen LogP contribution in [0.2, 0.25) is 0 Å². The van der Waals surface area contributed by atoms with Crippen molar-refractivity contribution in [3.63, 3.8) is 0 Å². The second kappa shape index (κ2) is 13.2. The molecule has 8 heteroatoms. The second-order valence-corrected chi connectivity index (χ2v) is 7.71. The highest BCUT2D eigenvalue weighted by atomic mass is 16.2. The van der Waals surface area contributed by atoms with Gasteiger partial charge in [0.05, 0.1) is 12.6 Å². The minimum absolute atomic E-state index is 0.168. The Morgan fingerprint density at radius 2 is 1.59 bits per heavy atom. The molecule has 3 atom stereocenters. The van der Waals surface area contributed by atoms with Gasteiger partial charge in [0, 0.05) is 6.92 Å². The molecule has 0 heterocycles. The van der Waals surface area contributed by atoms with Gasteiger partial charge < -0.3 is 26.5 Å². The highest BCUT2D eigenvalue weighted by Crippen LogP contribution is 2.09. The Bertz CT molecular complexity index is 494. The van der Waals surface area contributed by atoms with Gasteiger partial charge in [0.25, 0.3) is 0 Å². The lowest BCUT2D eigenvalue weighted by Gasteiger charge is -2.26. The molecule has 0 fully saturated rings. The molecule has 0 aliphatic carbocycles. The minimum atomic E-state index is -0.781. The summed E-state index contributed by atoms with van der Waals surface area (Å²) in [7, 11) is 0. The number of unbranched alkanes of at least 4 members (excludes halogenated alkanes) is 1. The molecule has 0 unspecified atom stereocenters. The van der Waals surface area contributed by atoms with E-state index in [2.05, 4.69) is 21.7 Å². The van der Waals surface area contributed by atoms with Crippen molar-refractivity contribution in [1.29, 1.82) is 0 Å². The van der Waals surface area contributed by atoms with Gasteiger partial charge in [0.1, 0.15) is 18.4 Å². The van der Waals surface area contributed by atoms with E-state index in [1.54, 1.807) is 0 Å². The van der Waals surface area contributed by atoms with Crippen LogP contribution >= 0.6 is 0 Å². The number of carbonyl (C=O) groups is 4. The molecule has 3 amide bonds. The van der Waals surface area contributed by atoms with Gasteiger partial charge in [-0.1, -0.05) is 27.7 Å². The molecule has 0 aliphatic heterocycles. The molecule has 0 aliphatic rings. The van der Waals surface area contributed by atoms with Crippen LogP contribution in [0.3, 0.4) is 0 Å². The molecular weight excluding hydrogens is 348 g/mol. The standard InChI is InChI=1S/C19H36N4O4/c1-12(2)10-16(21-14(5)25)18(26)23-17(13(3)4)19(27)22-15(11-24)8-6-7-9-20/h11-13,15-17H,6-10,20H2,1-5H3,(H,21,25)(H,22,27)(H,23,26)/p+1/t15-,16-,17-/m0/s1. The molecular formula is C19H37N4O4+. The van der Waals surface area contributed by atoms with Gasteiger partial charge in [-0.25, -0.2) is 0 Å². The summed E-state index contributed by atoms with van der Waals surface area (Å²) in [6.07, 6.45) is 3.42. The van der Waals surface area contributed by atoms with Crippen molar-refractivity contribution >= 4 is 24.0 Å². The largest absolute Gasteiger partial charge is 0.358 e. The number of quaternary nitrogens is 1. The zero-order valence-corrected chi connectivity index (χ0v) is 17.3. The Labute approximate surface area is 162 Å². The van der Waals surface area contributed by atoms with Crippen LogP contribution in [-0.2, 0) is 19.2 Å². The van der Waals surface area contributed by atoms with Crippen molar-refractivity contribution < 1.29 is 24.9 Å². The zero-order chi connectivity index (χ0) is 21.0. The van der Waals surface area contributed by atoms with Crippen molar-refractivity contribution in [2.75, 3.05) is 6.54 Å². The molecule has 0 spiro atoms. The molecule has 0 aromatic heterocycles. The summed E-state index contributed by atoms with van der Waals surface area (Å²) in [4.78, 5) is 47.8. The SMILES string of the molecule is CC(=O)N[C@@H](CC(C)C)C(=O)N[C@H](C(=O)N[C@H](C=O)CCCC[NH3+])C(C)C. The lowest BCUT2D eigenvalue weighted by Crippen LogP contribution is -2.56. The third kappa shape index (κ3) is 10.7. The third-order valence-electron chi connectivity index (χ3n) is 4.16. The van der Waals surface area contributed by atoms with Crippen LogP contribution in [0.25, 0.3) is 0 Å². The van der Waals surface area contributed by atoms with Gasteiger partial charge in [-0.15, -0.1) is 0 Å². The normalized spacial score (nSPS) is 14.4. The summed E-state index contributed by atoms with van der Waals surface area (Å²) in [6.45, 7) is 9.68. The first-order valence-corrected chi connectivity index (χ1v) is 9.74. The Kier molecular flexibility index (Phi) is 12.3. The second-order valence-electron chi connectivity index (χ2n) is 7.71. The van der Waals surface area contributed by atoms with Crippen molar-refractivity contribution in [2.45, 2.75) is 78.4 Å². The van der Waals surface area contributed by atoms with Crippen LogP contribution in [0.15, 0.2) is 0 Å². The van der Waals surface area contributed by atoms with Crippen molar-refractivity contribution in [3.05, 3.63) is 0 Å². The average molecular weight is 386 g/mol. The van der Waals surface area contributed by atoms with Gasteiger partial charge in [-0.2, -0.15) is 0 Å². The summed E-state index contributed by atoms with van der Waals surface area (Å²) >= 11 is 0. The number of amides is 3. The predicted molar refractivity (Wildman–Crippen MR) is 103 cm³/mol. The first-order chi connectivity index (χ1) is 12.6. The van der Waals surface area contributed by atoms with E-state index in [-0.39, 0.29) is 17.7 Å². The first-order valence-electron chi connectivity index (χ1n) is 9.74. The molecule has 0 saturated heterocycles. The molecule has 156 valence electrons. The van der Waals surface area contributed by atoms with Crippen LogP contribution in [0.1, 0.15) is 60.3 Å². The van der Waals surface area contributed by atoms with Gasteiger partial charge >= 0.3 is 0 Å². The molecule has 8 nitrogen and oxygen atoms in total. The fraction of sp³-hybridized carbons (Fsp3) is 0.789. The van der Waals surface area contributed by atoms with Crippen LogP contribution in [-0.4, -0.2) is 48.7 Å². The monoisotopic (exact) mass is 385 g/mol. The Morgan fingerprint density at radius 3 is 2.04 bits per heavy atom. The maximum Gasteiger partial charge on any atom is 0.243 e. The van der Waals surface area contributed by atoms with Crippen LogP contribution in [0, 0.1) is 11.8 Å². The van der Waals surface area contributed by atoms with E-state index >= 15 is 0 Å². The van der Waals surface area contributed by atoms with Gasteiger partial charge in [0.15, 0.2) is 0 Å². The van der Waals surface area contributed by atoms with E-state index in [0.29, 0.717) is 12.8 Å². The number of nitrogens with one attached hydrogen (secondary N) is 3. The smallest absolute Gasteiger partial charge is 0.243 e. The highest BCUT2D eigenvalue weighted by Gasteiger charge is 2.29. The summed E-state index contributed by atoms with van der Waals surface area (Å²) in [6, 6.07) is -2.06. The highest BCUT2D eigenvalue weighted by molar-refractivity contribution is 5.92. The maximum atomic E-state index is 12.6. The van der Waals surface area contributed by atoms with E-state index < -0.39 is 29.9 Å². The molecule has 0 bridgehead atoms. The lowest BCUT2D eigenvalue weighted by atomic mass is 9.99. The fourth-order valence-electron chi connectivity index (χ4n) is 2.72. The molecule has 6 N–H and O–H groups in total. The molecule has 27 heavy (non-hydrogen) atoms. The number of rotatable bonds is 13. The molecule has 0 aromatic carbocycles. The summed E-state index contributed by atoms with van der Waals surface area (Å²) in [5.41, 5.74) is 3.76. The number of hydrogen-bond donors (Lipinski definition) is 4. The Balaban J connectivity index is 5.02. The molecule has 0 saturated carbocycles. The lowest BCUT2D eigenvalue weighted by molar-refractivity contribution is -0.368. The summed E-state index contributed by atoms with van der Waals surface area (Å²) in [5, 5.41) is 8.07. The number of aldehydes is 1. The van der Waals surface area contributed by atoms with Crippen molar-refractivity contribution in [3.8, 4) is 0 Å². The van der Waals surface area contributed by atoms with Crippen LogP contribution < -0.4 is 21.7 Å². The Morgan fingerprint density at radius 1 is 0.963 bits per heavy atom. The minimum Gasteiger partial charge on any atom is -0.358 e. The van der Waals surface area contributed by atoms with Crippen LogP contribution in [0.4, 0.5) is 0 Å². The fourth-order valence-corrected chi connectivity index (χ4v) is 2.72. The number of hydrogen-bond acceptors (Lipinski definition) is 4. The zero-order valence-electron chi connectivity index (χ0n) is 17.3. The van der Waals surface area contributed by atoms with E-state index in [4.69, 9.17) is 0 Å². The van der Waals surface area contributed by atoms with Crippen molar-refractivity contribution in [1.82, 2.24) is 16.0 Å².